The van der Waals surface area contributed by atoms with Crippen molar-refractivity contribution in [2.24, 2.45) is 0 Å². The Morgan fingerprint density at radius 2 is 1.64 bits per heavy atom. The van der Waals surface area contributed by atoms with E-state index in [-0.39, 0.29) is 6.09 Å². The van der Waals surface area contributed by atoms with Crippen LogP contribution in [0, 0.1) is 0 Å². The van der Waals surface area contributed by atoms with Crippen LogP contribution < -0.4 is 4.90 Å². The van der Waals surface area contributed by atoms with Gasteiger partial charge in [-0.15, -0.1) is 0 Å². The fraction of sp³-hybridized carbons (Fsp3) is 0.800. The minimum atomic E-state index is -0.454. The number of amides is 1. The highest BCUT2D eigenvalue weighted by Gasteiger charge is 2.30. The molecule has 0 spiro atoms. The molecule has 3 aliphatic rings. The van der Waals surface area contributed by atoms with Crippen molar-refractivity contribution in [2.45, 2.75) is 58.6 Å². The lowest BCUT2D eigenvalue weighted by molar-refractivity contribution is -0.0427. The first-order valence-electron chi connectivity index (χ1n) is 10.6. The third-order valence-electron chi connectivity index (χ3n) is 5.63. The predicted molar refractivity (Wildman–Crippen MR) is 112 cm³/mol. The quantitative estimate of drug-likeness (QED) is 0.751. The molecule has 0 aliphatic carbocycles. The van der Waals surface area contributed by atoms with Crippen molar-refractivity contribution in [3.8, 4) is 0 Å². The van der Waals surface area contributed by atoms with Gasteiger partial charge in [0.05, 0.1) is 12.2 Å². The Kier molecular flexibility index (Phi) is 5.81. The number of hydrogen-bond donors (Lipinski definition) is 0. The van der Waals surface area contributed by atoms with E-state index < -0.39 is 5.60 Å². The lowest BCUT2D eigenvalue weighted by Gasteiger charge is -2.42. The van der Waals surface area contributed by atoms with Gasteiger partial charge in [0, 0.05) is 57.1 Å². The standard InChI is InChI=1S/C20H33N5O2S/c1-20(2,3)27-19(26)23-10-7-16-17(15-23)28-18(21-16)22-11-13-25(14-12-22)24-8-5-4-6-9-24/h4-15H2,1-3H3. The van der Waals surface area contributed by atoms with Gasteiger partial charge >= 0.3 is 6.09 Å². The minimum absolute atomic E-state index is 0.219. The highest BCUT2D eigenvalue weighted by atomic mass is 32.1. The third kappa shape index (κ3) is 4.60. The summed E-state index contributed by atoms with van der Waals surface area (Å²) in [6, 6.07) is 0. The second kappa shape index (κ2) is 8.16. The Morgan fingerprint density at radius 3 is 2.32 bits per heavy atom. The highest BCUT2D eigenvalue weighted by Crippen LogP contribution is 2.32. The maximum absolute atomic E-state index is 12.4. The van der Waals surface area contributed by atoms with Crippen molar-refractivity contribution in [3.63, 3.8) is 0 Å². The van der Waals surface area contributed by atoms with E-state index in [4.69, 9.17) is 9.72 Å². The number of ether oxygens (including phenoxy) is 1. The van der Waals surface area contributed by atoms with Crippen molar-refractivity contribution < 1.29 is 9.53 Å². The molecule has 1 aromatic rings. The van der Waals surface area contributed by atoms with E-state index in [1.807, 2.05) is 25.7 Å². The summed E-state index contributed by atoms with van der Waals surface area (Å²) < 4.78 is 5.54. The zero-order chi connectivity index (χ0) is 19.7. The molecule has 1 aromatic heterocycles. The number of nitrogens with zero attached hydrogens (tertiary/aromatic N) is 5. The van der Waals surface area contributed by atoms with Gasteiger partial charge < -0.3 is 14.5 Å². The molecule has 156 valence electrons. The topological polar surface area (TPSA) is 52.2 Å². The van der Waals surface area contributed by atoms with E-state index in [1.165, 1.54) is 42.9 Å². The van der Waals surface area contributed by atoms with Crippen LogP contribution in [0.25, 0.3) is 0 Å². The van der Waals surface area contributed by atoms with Crippen LogP contribution in [0.1, 0.15) is 50.6 Å². The summed E-state index contributed by atoms with van der Waals surface area (Å²) in [6.07, 6.45) is 4.63. The van der Waals surface area contributed by atoms with Crippen LogP contribution in [-0.2, 0) is 17.7 Å². The Bertz CT molecular complexity index is 687. The normalized spacial score (nSPS) is 22.2. The van der Waals surface area contributed by atoms with Crippen LogP contribution in [0.3, 0.4) is 0 Å². The number of anilines is 1. The summed E-state index contributed by atoms with van der Waals surface area (Å²) in [7, 11) is 0. The number of hydrazine groups is 1. The fourth-order valence-corrected chi connectivity index (χ4v) is 5.30. The Labute approximate surface area is 172 Å². The van der Waals surface area contributed by atoms with E-state index in [0.29, 0.717) is 13.1 Å². The van der Waals surface area contributed by atoms with Crippen LogP contribution in [0.2, 0.25) is 0 Å². The molecule has 0 atom stereocenters. The molecule has 0 saturated carbocycles. The van der Waals surface area contributed by atoms with E-state index in [2.05, 4.69) is 14.9 Å². The van der Waals surface area contributed by atoms with Crippen molar-refractivity contribution in [1.82, 2.24) is 19.9 Å². The van der Waals surface area contributed by atoms with E-state index in [1.54, 1.807) is 11.3 Å². The van der Waals surface area contributed by atoms with Gasteiger partial charge in [-0.05, 0) is 33.6 Å². The molecule has 2 fully saturated rings. The zero-order valence-electron chi connectivity index (χ0n) is 17.4. The maximum Gasteiger partial charge on any atom is 0.410 e. The van der Waals surface area contributed by atoms with Gasteiger partial charge in [-0.3, -0.25) is 0 Å². The van der Waals surface area contributed by atoms with Crippen molar-refractivity contribution in [2.75, 3.05) is 50.7 Å². The van der Waals surface area contributed by atoms with Crippen molar-refractivity contribution in [1.29, 1.82) is 0 Å². The van der Waals surface area contributed by atoms with Gasteiger partial charge in [0.25, 0.3) is 0 Å². The SMILES string of the molecule is CC(C)(C)OC(=O)N1CCc2nc(N3CCN(N4CCCCC4)CC3)sc2C1. The third-order valence-corrected chi connectivity index (χ3v) is 6.77. The Hall–Kier alpha value is -1.38. The average Bonchev–Trinajstić information content (AvgIpc) is 3.11. The number of thiazole rings is 1. The summed E-state index contributed by atoms with van der Waals surface area (Å²) >= 11 is 1.75. The molecule has 4 heterocycles. The molecule has 3 aliphatic heterocycles. The second-order valence-electron chi connectivity index (χ2n) is 8.97. The first-order valence-corrected chi connectivity index (χ1v) is 11.4. The zero-order valence-corrected chi connectivity index (χ0v) is 18.3. The van der Waals surface area contributed by atoms with E-state index in [0.717, 1.165) is 37.7 Å². The van der Waals surface area contributed by atoms with Crippen LogP contribution in [0.4, 0.5) is 9.93 Å². The number of carbonyl (C=O) groups excluding carboxylic acids is 1. The minimum Gasteiger partial charge on any atom is -0.444 e. The number of aromatic nitrogens is 1. The predicted octanol–water partition coefficient (Wildman–Crippen LogP) is 2.96. The molecule has 0 N–H and O–H groups in total. The van der Waals surface area contributed by atoms with Crippen LogP contribution in [0.15, 0.2) is 0 Å². The van der Waals surface area contributed by atoms with Gasteiger partial charge in [-0.2, -0.15) is 0 Å². The summed E-state index contributed by atoms with van der Waals surface area (Å²) in [5.74, 6) is 0. The van der Waals surface area contributed by atoms with Crippen LogP contribution in [0.5, 0.6) is 0 Å². The summed E-state index contributed by atoms with van der Waals surface area (Å²) in [4.78, 5) is 22.7. The maximum atomic E-state index is 12.4. The molecule has 8 heteroatoms. The number of hydrogen-bond acceptors (Lipinski definition) is 7. The average molecular weight is 408 g/mol. The van der Waals surface area contributed by atoms with Gasteiger partial charge in [0.1, 0.15) is 5.60 Å². The van der Waals surface area contributed by atoms with Gasteiger partial charge in [0.15, 0.2) is 5.13 Å². The smallest absolute Gasteiger partial charge is 0.410 e. The first kappa shape index (κ1) is 19.9. The molecule has 0 radical (unpaired) electrons. The summed E-state index contributed by atoms with van der Waals surface area (Å²) in [5.41, 5.74) is 0.711. The van der Waals surface area contributed by atoms with Crippen LogP contribution >= 0.6 is 11.3 Å². The molecule has 4 rings (SSSR count). The molecule has 28 heavy (non-hydrogen) atoms. The molecular formula is C20H33N5O2S. The van der Waals surface area contributed by atoms with Gasteiger partial charge in [0.2, 0.25) is 0 Å². The molecule has 0 aromatic carbocycles. The number of carbonyl (C=O) groups is 1. The Morgan fingerprint density at radius 1 is 0.964 bits per heavy atom. The van der Waals surface area contributed by atoms with Crippen molar-refractivity contribution >= 4 is 22.6 Å². The second-order valence-corrected chi connectivity index (χ2v) is 10.0. The summed E-state index contributed by atoms with van der Waals surface area (Å²) in [5, 5.41) is 6.20. The number of rotatable bonds is 2. The number of fused-ring (bicyclic) bond motifs is 1. The van der Waals surface area contributed by atoms with E-state index >= 15 is 0 Å². The largest absolute Gasteiger partial charge is 0.444 e. The van der Waals surface area contributed by atoms with Gasteiger partial charge in [-0.1, -0.05) is 17.8 Å². The lowest BCUT2D eigenvalue weighted by atomic mass is 10.1. The molecular weight excluding hydrogens is 374 g/mol. The monoisotopic (exact) mass is 407 g/mol. The Balaban J connectivity index is 1.34. The first-order chi connectivity index (χ1) is 13.4. The fourth-order valence-electron chi connectivity index (χ4n) is 4.13. The molecule has 0 unspecified atom stereocenters. The number of piperidine rings is 1. The molecule has 7 nitrogen and oxygen atoms in total. The highest BCUT2D eigenvalue weighted by molar-refractivity contribution is 7.15. The number of piperazine rings is 1. The summed E-state index contributed by atoms with van der Waals surface area (Å²) in [6.45, 7) is 13.7. The molecule has 2 saturated heterocycles. The lowest BCUT2D eigenvalue weighted by Crippen LogP contribution is -2.55. The van der Waals surface area contributed by atoms with Gasteiger partial charge in [-0.25, -0.2) is 19.8 Å². The van der Waals surface area contributed by atoms with Crippen LogP contribution in [-0.4, -0.2) is 77.4 Å². The molecule has 1 amide bonds. The van der Waals surface area contributed by atoms with E-state index in [9.17, 15) is 4.79 Å². The van der Waals surface area contributed by atoms with Crippen molar-refractivity contribution in [3.05, 3.63) is 10.6 Å². The molecule has 0 bridgehead atoms.